The number of benzene rings is 16. The number of hydrogen-bond acceptors (Lipinski definition) is 6. The van der Waals surface area contributed by atoms with Crippen LogP contribution >= 0.6 is 0 Å². The number of ether oxygens (including phenoxy) is 2. The van der Waals surface area contributed by atoms with Crippen molar-refractivity contribution in [2.24, 2.45) is 0 Å². The summed E-state index contributed by atoms with van der Waals surface area (Å²) in [6.45, 7) is -0.0766. The molecule has 3 aliphatic rings. The largest absolute Gasteiger partial charge is 0.458 e. The van der Waals surface area contributed by atoms with Gasteiger partial charge >= 0.3 is 34.2 Å². The minimum atomic E-state index is -4.40. The molecule has 16 aromatic carbocycles. The molecule has 0 radical (unpaired) electrons. The van der Waals surface area contributed by atoms with E-state index in [1.807, 2.05) is 0 Å². The maximum atomic E-state index is 9.04. The van der Waals surface area contributed by atoms with Crippen LogP contribution in [0.4, 0.5) is 0 Å². The standard InChI is InChI=1S/C96H70BNO6Si5/c1-11-37-74(38-12-1)105(75-39-13-2-14-40-75,76-41-15-3-16-42-76)84-63-65-91-87(70-84)86-67-72(62-64-90(86)98(91)73-68-94-96-95(69-73)100-93-61-34-32-59-89(93)97(96)88-58-31-33-60-92(88)99-94)71-36-35-57-85(66-71)109(83-55-29-10-30-56-83)103-107(79-47-21-6-22-48-79,80-49-23-7-24-50-80)101-106(77-43-17-4-18-44-77,78-45-19-5-20-46-78)102-108(104-109,81-51-25-8-26-52-81)82-53-27-9-28-54-82/h1-70H. The highest BCUT2D eigenvalue weighted by molar-refractivity contribution is 7.20. The van der Waals surface area contributed by atoms with Gasteiger partial charge in [0.2, 0.25) is 0 Å². The van der Waals surface area contributed by atoms with Crippen LogP contribution in [0.25, 0.3) is 38.6 Å². The Bertz CT molecular complexity index is 5820. The molecule has 109 heavy (non-hydrogen) atoms. The van der Waals surface area contributed by atoms with Crippen molar-refractivity contribution in [3.63, 3.8) is 0 Å². The summed E-state index contributed by atoms with van der Waals surface area (Å²) in [5.74, 6) is 3.22. The van der Waals surface area contributed by atoms with Gasteiger partial charge in [-0.3, -0.25) is 0 Å². The highest BCUT2D eigenvalue weighted by Gasteiger charge is 2.68. The summed E-state index contributed by atoms with van der Waals surface area (Å²) in [5.41, 5.74) is 8.25. The van der Waals surface area contributed by atoms with Crippen molar-refractivity contribution in [1.82, 2.24) is 4.57 Å². The van der Waals surface area contributed by atoms with Crippen molar-refractivity contribution in [3.05, 3.63) is 425 Å². The average molecular weight is 1480 g/mol. The fraction of sp³-hybridized carbons (Fsp3) is 0. The van der Waals surface area contributed by atoms with E-state index in [0.717, 1.165) is 120 Å². The molecule has 3 aliphatic heterocycles. The fourth-order valence-corrected chi connectivity index (χ4v) is 44.7. The number of hydrogen-bond donors (Lipinski definition) is 0. The summed E-state index contributed by atoms with van der Waals surface area (Å²) in [4.78, 5) is 0. The van der Waals surface area contributed by atoms with Gasteiger partial charge in [0.15, 0.2) is 8.07 Å². The number of rotatable bonds is 14. The van der Waals surface area contributed by atoms with Crippen molar-refractivity contribution < 1.29 is 25.9 Å². The van der Waals surface area contributed by atoms with Crippen LogP contribution in [0.15, 0.2) is 425 Å². The van der Waals surface area contributed by atoms with Gasteiger partial charge in [0.1, 0.15) is 23.0 Å². The molecule has 1 fully saturated rings. The van der Waals surface area contributed by atoms with E-state index < -0.39 is 42.3 Å². The third kappa shape index (κ3) is 11.0. The monoisotopic (exact) mass is 1480 g/mol. The van der Waals surface area contributed by atoms with E-state index in [1.165, 1.54) is 20.7 Å². The lowest BCUT2D eigenvalue weighted by Crippen LogP contribution is -2.88. The lowest BCUT2D eigenvalue weighted by molar-refractivity contribution is 0.268. The van der Waals surface area contributed by atoms with Crippen molar-refractivity contribution in [1.29, 1.82) is 0 Å². The van der Waals surface area contributed by atoms with Gasteiger partial charge in [-0.15, -0.1) is 0 Å². The lowest BCUT2D eigenvalue weighted by Gasteiger charge is -2.53. The Kier molecular flexibility index (Phi) is 16.6. The van der Waals surface area contributed by atoms with Crippen molar-refractivity contribution in [3.8, 4) is 39.8 Å². The number of para-hydroxylation sites is 2. The lowest BCUT2D eigenvalue weighted by atomic mass is 9.35. The van der Waals surface area contributed by atoms with Gasteiger partial charge in [-0.1, -0.05) is 382 Å². The molecular weight excluding hydrogens is 1410 g/mol. The second-order valence-corrected chi connectivity index (χ2v) is 44.9. The Balaban J connectivity index is 0.857. The topological polar surface area (TPSA) is 60.3 Å². The molecule has 0 atom stereocenters. The first-order valence-electron chi connectivity index (χ1n) is 37.2. The molecule has 0 bridgehead atoms. The predicted molar refractivity (Wildman–Crippen MR) is 457 cm³/mol. The Morgan fingerprint density at radius 1 is 0.229 bits per heavy atom. The van der Waals surface area contributed by atoms with E-state index in [1.54, 1.807) is 0 Å². The molecule has 0 amide bonds. The van der Waals surface area contributed by atoms with E-state index in [9.17, 15) is 0 Å². The summed E-state index contributed by atoms with van der Waals surface area (Å²) < 4.78 is 52.4. The summed E-state index contributed by atoms with van der Waals surface area (Å²) in [7, 11) is -20.1. The van der Waals surface area contributed by atoms with Crippen molar-refractivity contribution >= 4 is 149 Å². The summed E-state index contributed by atoms with van der Waals surface area (Å²) >= 11 is 0. The van der Waals surface area contributed by atoms with Gasteiger partial charge < -0.3 is 30.5 Å². The zero-order valence-electron chi connectivity index (χ0n) is 59.4. The van der Waals surface area contributed by atoms with Crippen LogP contribution in [0.3, 0.4) is 0 Å². The molecule has 1 saturated heterocycles. The molecular formula is C96H70BNO6Si5. The molecule has 1 aromatic heterocycles. The number of fused-ring (bicyclic) bond motifs is 7. The minimum absolute atomic E-state index is 0.0766. The van der Waals surface area contributed by atoms with E-state index >= 15 is 0 Å². The predicted octanol–water partition coefficient (Wildman–Crippen LogP) is 12.0. The van der Waals surface area contributed by atoms with Crippen LogP contribution in [0.2, 0.25) is 0 Å². The SMILES string of the molecule is c1ccc([Si]2(c3ccccc3)O[Si](c3ccccc3)(c3ccccc3)O[Si](c3ccccc3)(c3cccc(-c4ccc5c(c4)c4cc([Si](c6ccccc6)(c6ccccc6)c6ccccc6)ccc4n5-c4cc5c6c(c4)Oc4ccccc4B6c4ccccc4O5)c3)O[Si](c3ccccc3)(c3ccccc3)O2)cc1. The normalized spacial score (nSPS) is 15.1. The molecule has 4 heterocycles. The van der Waals surface area contributed by atoms with Gasteiger partial charge in [0.25, 0.3) is 6.71 Å². The van der Waals surface area contributed by atoms with Crippen LogP contribution in [0.1, 0.15) is 0 Å². The Morgan fingerprint density at radius 3 is 0.908 bits per heavy atom. The minimum Gasteiger partial charge on any atom is -0.458 e. The molecule has 518 valence electrons. The quantitative estimate of drug-likeness (QED) is 0.0799. The first-order chi connectivity index (χ1) is 53.9. The summed E-state index contributed by atoms with van der Waals surface area (Å²) in [6.07, 6.45) is 0. The third-order valence-corrected chi connectivity index (χ3v) is 44.9. The average Bonchev–Trinajstić information content (AvgIpc) is 0.966. The Labute approximate surface area is 639 Å². The summed E-state index contributed by atoms with van der Waals surface area (Å²) in [6, 6.07) is 153. The van der Waals surface area contributed by atoms with E-state index in [0.29, 0.717) is 0 Å². The van der Waals surface area contributed by atoms with Crippen LogP contribution in [0, 0.1) is 0 Å². The Morgan fingerprint density at radius 2 is 0.532 bits per heavy atom. The number of nitrogens with zero attached hydrogens (tertiary/aromatic N) is 1. The zero-order valence-corrected chi connectivity index (χ0v) is 64.4. The van der Waals surface area contributed by atoms with Gasteiger partial charge in [-0.05, 0) is 115 Å². The fourth-order valence-electron chi connectivity index (χ4n) is 17.3. The van der Waals surface area contributed by atoms with Gasteiger partial charge in [-0.25, -0.2) is 0 Å². The molecule has 0 saturated carbocycles. The van der Waals surface area contributed by atoms with Crippen LogP contribution in [-0.4, -0.2) is 53.6 Å². The highest BCUT2D eigenvalue weighted by atomic mass is 28.5. The van der Waals surface area contributed by atoms with Gasteiger partial charge in [0.05, 0.1) is 16.7 Å². The molecule has 17 aromatic rings. The maximum Gasteiger partial charge on any atom is 0.390 e. The molecule has 13 heteroatoms. The molecule has 0 aliphatic carbocycles. The van der Waals surface area contributed by atoms with Crippen LogP contribution < -0.4 is 88.1 Å². The van der Waals surface area contributed by atoms with E-state index in [2.05, 4.69) is 429 Å². The van der Waals surface area contributed by atoms with Crippen molar-refractivity contribution in [2.45, 2.75) is 0 Å². The van der Waals surface area contributed by atoms with Gasteiger partial charge in [0, 0.05) is 28.4 Å². The molecule has 0 N–H and O–H groups in total. The Hall–Kier alpha value is -12.1. The molecule has 0 spiro atoms. The highest BCUT2D eigenvalue weighted by Crippen LogP contribution is 2.42. The zero-order chi connectivity index (χ0) is 72.4. The first kappa shape index (κ1) is 66.4. The smallest absolute Gasteiger partial charge is 0.390 e. The summed E-state index contributed by atoms with van der Waals surface area (Å²) in [5, 5.41) is 14.7. The maximum absolute atomic E-state index is 9.04. The second kappa shape index (κ2) is 27.3. The van der Waals surface area contributed by atoms with E-state index in [4.69, 9.17) is 25.9 Å². The first-order valence-corrected chi connectivity index (χ1v) is 46.5. The molecule has 0 unspecified atom stereocenters. The van der Waals surface area contributed by atoms with Crippen LogP contribution in [0.5, 0.6) is 23.0 Å². The number of aromatic nitrogens is 1. The molecule has 20 rings (SSSR count). The van der Waals surface area contributed by atoms with Crippen molar-refractivity contribution in [2.75, 3.05) is 0 Å². The third-order valence-electron chi connectivity index (χ3n) is 22.2. The molecule has 7 nitrogen and oxygen atoms in total. The van der Waals surface area contributed by atoms with Crippen LogP contribution in [-0.2, 0) is 16.5 Å². The second-order valence-electron chi connectivity index (χ2n) is 28.2. The van der Waals surface area contributed by atoms with Gasteiger partial charge in [-0.2, -0.15) is 0 Å². The van der Waals surface area contributed by atoms with E-state index in [-0.39, 0.29) is 6.71 Å².